The van der Waals surface area contributed by atoms with Crippen LogP contribution < -0.4 is 10.3 Å². The lowest BCUT2D eigenvalue weighted by Crippen LogP contribution is -2.22. The van der Waals surface area contributed by atoms with E-state index in [0.29, 0.717) is 35.5 Å². The van der Waals surface area contributed by atoms with E-state index >= 15 is 0 Å². The number of nitrogens with zero attached hydrogens (tertiary/aromatic N) is 2. The number of carbonyl (C=O) groups excluding carboxylic acids is 1. The molecule has 0 radical (unpaired) electrons. The third kappa shape index (κ3) is 5.44. The van der Waals surface area contributed by atoms with E-state index in [-0.39, 0.29) is 5.56 Å². The molecule has 0 fully saturated rings. The summed E-state index contributed by atoms with van der Waals surface area (Å²) in [5, 5.41) is 2.02. The lowest BCUT2D eigenvalue weighted by atomic mass is 10.2. The van der Waals surface area contributed by atoms with Crippen LogP contribution in [0.15, 0.2) is 40.8 Å². The lowest BCUT2D eigenvalue weighted by molar-refractivity contribution is 0.0502. The summed E-state index contributed by atoms with van der Waals surface area (Å²) in [5.74, 6) is 0.396. The molecule has 0 spiro atoms. The third-order valence-corrected chi connectivity index (χ3v) is 5.48. The van der Waals surface area contributed by atoms with Crippen molar-refractivity contribution >= 4 is 27.5 Å². The van der Waals surface area contributed by atoms with E-state index in [1.54, 1.807) is 16.3 Å². The van der Waals surface area contributed by atoms with Crippen LogP contribution in [0.1, 0.15) is 48.5 Å². The fourth-order valence-electron chi connectivity index (χ4n) is 2.87. The molecule has 0 atom stereocenters. The first-order valence-electron chi connectivity index (χ1n) is 9.93. The molecule has 0 saturated heterocycles. The predicted molar refractivity (Wildman–Crippen MR) is 115 cm³/mol. The van der Waals surface area contributed by atoms with Crippen LogP contribution in [0.5, 0.6) is 5.75 Å². The van der Waals surface area contributed by atoms with Gasteiger partial charge in [0.05, 0.1) is 30.5 Å². The summed E-state index contributed by atoms with van der Waals surface area (Å²) >= 11 is 1.29. The fourth-order valence-corrected chi connectivity index (χ4v) is 3.74. The van der Waals surface area contributed by atoms with Crippen LogP contribution in [-0.2, 0) is 11.3 Å². The zero-order chi connectivity index (χ0) is 20.6. The summed E-state index contributed by atoms with van der Waals surface area (Å²) in [5.41, 5.74) is 1.32. The third-order valence-electron chi connectivity index (χ3n) is 4.59. The molecule has 0 aliphatic heterocycles. The molecule has 0 bridgehead atoms. The van der Waals surface area contributed by atoms with Gasteiger partial charge in [0.25, 0.3) is 5.56 Å². The average Bonchev–Trinajstić information content (AvgIpc) is 3.16. The Bertz CT molecular complexity index is 1010. The van der Waals surface area contributed by atoms with E-state index in [1.165, 1.54) is 16.9 Å². The molecule has 6 nitrogen and oxygen atoms in total. The molecule has 154 valence electrons. The topological polar surface area (TPSA) is 70.4 Å². The first-order chi connectivity index (χ1) is 14.1. The molecule has 1 aromatic carbocycles. The number of thiophene rings is 1. The van der Waals surface area contributed by atoms with Crippen LogP contribution in [0.25, 0.3) is 10.2 Å². The van der Waals surface area contributed by atoms with Gasteiger partial charge in [0.2, 0.25) is 0 Å². The largest absolute Gasteiger partial charge is 0.494 e. The second-order valence-corrected chi connectivity index (χ2v) is 7.79. The Morgan fingerprint density at radius 1 is 1.14 bits per heavy atom. The maximum atomic E-state index is 12.9. The van der Waals surface area contributed by atoms with Gasteiger partial charge in [-0.1, -0.05) is 31.0 Å². The summed E-state index contributed by atoms with van der Waals surface area (Å²) in [4.78, 5) is 30.1. The zero-order valence-electron chi connectivity index (χ0n) is 16.8. The average molecular weight is 415 g/mol. The molecule has 0 saturated carbocycles. The van der Waals surface area contributed by atoms with Gasteiger partial charge in [-0.3, -0.25) is 9.36 Å². The van der Waals surface area contributed by atoms with Crippen LogP contribution in [-0.4, -0.2) is 28.7 Å². The minimum Gasteiger partial charge on any atom is -0.494 e. The minimum absolute atomic E-state index is 0.196. The lowest BCUT2D eigenvalue weighted by Gasteiger charge is -2.08. The number of hydrogen-bond donors (Lipinski definition) is 0. The maximum Gasteiger partial charge on any atom is 0.339 e. The van der Waals surface area contributed by atoms with Crippen molar-refractivity contribution in [2.45, 2.75) is 46.1 Å². The number of ether oxygens (including phenoxy) is 2. The van der Waals surface area contributed by atoms with Crippen molar-refractivity contribution in [1.82, 2.24) is 9.55 Å². The second kappa shape index (κ2) is 10.2. The summed E-state index contributed by atoms with van der Waals surface area (Å²) in [7, 11) is 0. The van der Waals surface area contributed by atoms with Gasteiger partial charge in [-0.25, -0.2) is 9.78 Å². The van der Waals surface area contributed by atoms with Gasteiger partial charge in [-0.05, 0) is 38.3 Å². The molecule has 0 N–H and O–H groups in total. The molecule has 0 aliphatic carbocycles. The van der Waals surface area contributed by atoms with E-state index in [9.17, 15) is 9.59 Å². The van der Waals surface area contributed by atoms with Gasteiger partial charge in [-0.2, -0.15) is 0 Å². The van der Waals surface area contributed by atoms with Crippen molar-refractivity contribution < 1.29 is 14.3 Å². The molecule has 7 heteroatoms. The molecule has 0 aliphatic rings. The Morgan fingerprint density at radius 3 is 2.69 bits per heavy atom. The van der Waals surface area contributed by atoms with Crippen molar-refractivity contribution in [3.63, 3.8) is 0 Å². The number of carbonyl (C=O) groups is 1. The van der Waals surface area contributed by atoms with Gasteiger partial charge in [0.15, 0.2) is 0 Å². The van der Waals surface area contributed by atoms with Gasteiger partial charge < -0.3 is 9.47 Å². The van der Waals surface area contributed by atoms with Crippen LogP contribution in [0.4, 0.5) is 0 Å². The van der Waals surface area contributed by atoms with Crippen molar-refractivity contribution in [3.8, 4) is 5.75 Å². The van der Waals surface area contributed by atoms with Crippen molar-refractivity contribution in [2.24, 2.45) is 0 Å². The summed E-state index contributed by atoms with van der Waals surface area (Å²) in [6.07, 6.45) is 4.89. The predicted octanol–water partition coefficient (Wildman–Crippen LogP) is 4.58. The van der Waals surface area contributed by atoms with Crippen molar-refractivity contribution in [2.75, 3.05) is 13.2 Å². The molecule has 3 aromatic rings. The SMILES string of the molecule is CCCCOC(=O)c1csc2ncn(CCCCOc3ccc(C)cc3)c(=O)c12. The molecular weight excluding hydrogens is 388 g/mol. The van der Waals surface area contributed by atoms with Crippen LogP contribution in [0.3, 0.4) is 0 Å². The van der Waals surface area contributed by atoms with Crippen LogP contribution in [0.2, 0.25) is 0 Å². The number of rotatable bonds is 10. The number of esters is 1. The van der Waals surface area contributed by atoms with Gasteiger partial charge in [-0.15, -0.1) is 11.3 Å². The number of hydrogen-bond acceptors (Lipinski definition) is 6. The number of aromatic nitrogens is 2. The van der Waals surface area contributed by atoms with Gasteiger partial charge in [0, 0.05) is 11.9 Å². The maximum absolute atomic E-state index is 12.9. The van der Waals surface area contributed by atoms with Gasteiger partial charge >= 0.3 is 5.97 Å². The quantitative estimate of drug-likeness (QED) is 0.359. The minimum atomic E-state index is -0.451. The van der Waals surface area contributed by atoms with E-state index < -0.39 is 5.97 Å². The Morgan fingerprint density at radius 2 is 1.93 bits per heavy atom. The van der Waals surface area contributed by atoms with E-state index in [1.807, 2.05) is 38.1 Å². The standard InChI is InChI=1S/C22H26N2O4S/c1-3-4-12-28-22(26)18-14-29-20-19(18)21(25)24(15-23-20)11-5-6-13-27-17-9-7-16(2)8-10-17/h7-10,14-15H,3-6,11-13H2,1-2H3. The highest BCUT2D eigenvalue weighted by atomic mass is 32.1. The van der Waals surface area contributed by atoms with Crippen molar-refractivity contribution in [3.05, 3.63) is 57.5 Å². The monoisotopic (exact) mass is 414 g/mol. The highest BCUT2D eigenvalue weighted by Crippen LogP contribution is 2.21. The highest BCUT2D eigenvalue weighted by Gasteiger charge is 2.18. The number of unbranched alkanes of at least 4 members (excludes halogenated alkanes) is 2. The Hall–Kier alpha value is -2.67. The van der Waals surface area contributed by atoms with E-state index in [2.05, 4.69) is 4.98 Å². The molecule has 0 amide bonds. The van der Waals surface area contributed by atoms with Gasteiger partial charge in [0.1, 0.15) is 10.6 Å². The number of benzene rings is 1. The Balaban J connectivity index is 1.59. The van der Waals surface area contributed by atoms with Crippen molar-refractivity contribution in [1.29, 1.82) is 0 Å². The second-order valence-electron chi connectivity index (χ2n) is 6.93. The first-order valence-corrected chi connectivity index (χ1v) is 10.8. The number of fused-ring (bicyclic) bond motifs is 1. The molecule has 2 heterocycles. The summed E-state index contributed by atoms with van der Waals surface area (Å²) in [6, 6.07) is 7.94. The Kier molecular flexibility index (Phi) is 7.41. The van der Waals surface area contributed by atoms with Crippen LogP contribution in [0, 0.1) is 6.92 Å². The number of aryl methyl sites for hydroxylation is 2. The molecular formula is C22H26N2O4S. The Labute approximate surface area is 174 Å². The summed E-state index contributed by atoms with van der Waals surface area (Å²) < 4.78 is 12.5. The molecule has 2 aromatic heterocycles. The fraction of sp³-hybridized carbons (Fsp3) is 0.409. The summed E-state index contributed by atoms with van der Waals surface area (Å²) in [6.45, 7) is 5.54. The highest BCUT2D eigenvalue weighted by molar-refractivity contribution is 7.17. The van der Waals surface area contributed by atoms with E-state index in [4.69, 9.17) is 9.47 Å². The van der Waals surface area contributed by atoms with E-state index in [0.717, 1.165) is 31.4 Å². The first kappa shape index (κ1) is 21.0. The smallest absolute Gasteiger partial charge is 0.339 e. The normalized spacial score (nSPS) is 11.0. The van der Waals surface area contributed by atoms with Crippen LogP contribution >= 0.6 is 11.3 Å². The zero-order valence-corrected chi connectivity index (χ0v) is 17.7. The molecule has 0 unspecified atom stereocenters. The molecule has 3 rings (SSSR count). The molecule has 29 heavy (non-hydrogen) atoms.